The van der Waals surface area contributed by atoms with Gasteiger partial charge >= 0.3 is 11.7 Å². The van der Waals surface area contributed by atoms with Gasteiger partial charge in [0.05, 0.1) is 0 Å². The standard InChI is InChI=1S/C18H17N5O2/c1-14(24)21-23-13-19-22(12-15-8-4-2-5-9-15)18(23)17(25)20-16-10-6-3-7-11-16/h2-11,13H,12H2,1H3,(H-,20,21,24,25)/p+1. The topological polar surface area (TPSA) is 79.9 Å². The van der Waals surface area contributed by atoms with Crippen LogP contribution in [0.15, 0.2) is 67.0 Å². The van der Waals surface area contributed by atoms with Gasteiger partial charge in [-0.05, 0) is 17.7 Å². The molecule has 0 fully saturated rings. The zero-order valence-corrected chi connectivity index (χ0v) is 13.7. The van der Waals surface area contributed by atoms with E-state index < -0.39 is 0 Å². The maximum absolute atomic E-state index is 12.7. The van der Waals surface area contributed by atoms with Crippen LogP contribution >= 0.6 is 0 Å². The second kappa shape index (κ2) is 7.39. The minimum absolute atomic E-state index is 0.225. The van der Waals surface area contributed by atoms with Crippen LogP contribution in [-0.4, -0.2) is 21.6 Å². The molecule has 3 aromatic rings. The van der Waals surface area contributed by atoms with Crippen molar-refractivity contribution in [3.63, 3.8) is 0 Å². The molecule has 3 rings (SSSR count). The fourth-order valence-electron chi connectivity index (χ4n) is 2.41. The van der Waals surface area contributed by atoms with Gasteiger partial charge < -0.3 is 5.32 Å². The van der Waals surface area contributed by atoms with E-state index in [2.05, 4.69) is 15.8 Å². The van der Waals surface area contributed by atoms with Crippen LogP contribution in [0.4, 0.5) is 5.69 Å². The number of hydrogen-bond donors (Lipinski definition) is 2. The van der Waals surface area contributed by atoms with E-state index in [-0.39, 0.29) is 17.6 Å². The predicted molar refractivity (Wildman–Crippen MR) is 92.4 cm³/mol. The molecular weight excluding hydrogens is 318 g/mol. The van der Waals surface area contributed by atoms with Crippen molar-refractivity contribution in [2.24, 2.45) is 0 Å². The molecule has 7 heteroatoms. The van der Waals surface area contributed by atoms with Crippen LogP contribution in [0, 0.1) is 0 Å². The van der Waals surface area contributed by atoms with E-state index in [0.717, 1.165) is 5.56 Å². The zero-order chi connectivity index (χ0) is 17.6. The highest BCUT2D eigenvalue weighted by Gasteiger charge is 2.27. The molecule has 0 bridgehead atoms. The van der Waals surface area contributed by atoms with Gasteiger partial charge in [-0.15, -0.1) is 4.68 Å². The van der Waals surface area contributed by atoms with Crippen LogP contribution in [0.25, 0.3) is 0 Å². The van der Waals surface area contributed by atoms with Crippen molar-refractivity contribution < 1.29 is 14.3 Å². The van der Waals surface area contributed by atoms with E-state index in [4.69, 9.17) is 0 Å². The summed E-state index contributed by atoms with van der Waals surface area (Å²) < 4.78 is 2.87. The van der Waals surface area contributed by atoms with E-state index in [1.165, 1.54) is 17.9 Å². The Labute approximate surface area is 144 Å². The van der Waals surface area contributed by atoms with Crippen molar-refractivity contribution in [1.29, 1.82) is 0 Å². The van der Waals surface area contributed by atoms with Gasteiger partial charge in [0.1, 0.15) is 6.54 Å². The van der Waals surface area contributed by atoms with Gasteiger partial charge in [-0.3, -0.25) is 9.59 Å². The first-order valence-corrected chi connectivity index (χ1v) is 7.79. The number of aromatic nitrogens is 3. The van der Waals surface area contributed by atoms with Crippen molar-refractivity contribution in [1.82, 2.24) is 9.78 Å². The summed E-state index contributed by atoms with van der Waals surface area (Å²) in [6.45, 7) is 1.78. The summed E-state index contributed by atoms with van der Waals surface area (Å²) >= 11 is 0. The first kappa shape index (κ1) is 16.4. The Morgan fingerprint density at radius 1 is 1.04 bits per heavy atom. The van der Waals surface area contributed by atoms with E-state index >= 15 is 0 Å². The van der Waals surface area contributed by atoms with Crippen LogP contribution < -0.4 is 15.4 Å². The molecule has 2 aromatic carbocycles. The first-order valence-electron chi connectivity index (χ1n) is 7.79. The van der Waals surface area contributed by atoms with E-state index in [1.54, 1.807) is 16.8 Å². The molecular formula is C18H18N5O2+. The summed E-state index contributed by atoms with van der Waals surface area (Å²) in [4.78, 5) is 24.2. The molecule has 25 heavy (non-hydrogen) atoms. The lowest BCUT2D eigenvalue weighted by molar-refractivity contribution is -0.645. The van der Waals surface area contributed by atoms with Crippen molar-refractivity contribution in [2.45, 2.75) is 13.5 Å². The summed E-state index contributed by atoms with van der Waals surface area (Å²) in [5.74, 6) is -0.436. The Morgan fingerprint density at radius 2 is 1.68 bits per heavy atom. The predicted octanol–water partition coefficient (Wildman–Crippen LogP) is 1.56. The SMILES string of the molecule is CC(=O)N[n+]1cnn(Cc2ccccc2)c1C(=O)Nc1ccccc1. The van der Waals surface area contributed by atoms with E-state index in [9.17, 15) is 9.59 Å². The average Bonchev–Trinajstić information content (AvgIpc) is 2.98. The molecule has 0 saturated carbocycles. The number of nitrogens with zero attached hydrogens (tertiary/aromatic N) is 3. The largest absolute Gasteiger partial charge is 0.349 e. The van der Waals surface area contributed by atoms with Crippen LogP contribution in [0.3, 0.4) is 0 Å². The van der Waals surface area contributed by atoms with Crippen molar-refractivity contribution in [3.05, 3.63) is 78.4 Å². The van der Waals surface area contributed by atoms with Crippen LogP contribution in [-0.2, 0) is 11.3 Å². The maximum atomic E-state index is 12.7. The molecule has 0 spiro atoms. The van der Waals surface area contributed by atoms with Gasteiger partial charge in [-0.2, -0.15) is 0 Å². The average molecular weight is 336 g/mol. The summed E-state index contributed by atoms with van der Waals surface area (Å²) in [5, 5.41) is 7.04. The lowest BCUT2D eigenvalue weighted by Crippen LogP contribution is -2.52. The lowest BCUT2D eigenvalue weighted by atomic mass is 10.2. The monoisotopic (exact) mass is 336 g/mol. The van der Waals surface area contributed by atoms with Gasteiger partial charge in [0.15, 0.2) is 0 Å². The quantitative estimate of drug-likeness (QED) is 0.694. The molecule has 0 atom stereocenters. The maximum Gasteiger partial charge on any atom is 0.349 e. The zero-order valence-electron chi connectivity index (χ0n) is 13.7. The lowest BCUT2D eigenvalue weighted by Gasteiger charge is -2.06. The Bertz CT molecular complexity index is 875. The number of amides is 2. The molecule has 0 unspecified atom stereocenters. The molecule has 0 radical (unpaired) electrons. The smallest absolute Gasteiger partial charge is 0.317 e. The summed E-state index contributed by atoms with van der Waals surface area (Å²) in [6.07, 6.45) is 1.41. The number of hydrogen-bond acceptors (Lipinski definition) is 3. The molecule has 0 aliphatic heterocycles. The molecule has 2 N–H and O–H groups in total. The number of para-hydroxylation sites is 1. The Hall–Kier alpha value is -3.48. The third-order valence-electron chi connectivity index (χ3n) is 3.47. The number of carbonyl (C=O) groups excluding carboxylic acids is 2. The highest BCUT2D eigenvalue weighted by molar-refractivity contribution is 6.00. The molecule has 2 amide bonds. The molecule has 1 aromatic heterocycles. The second-order valence-corrected chi connectivity index (χ2v) is 5.46. The van der Waals surface area contributed by atoms with Gasteiger partial charge in [0, 0.05) is 17.7 Å². The normalized spacial score (nSPS) is 10.3. The molecule has 126 valence electrons. The van der Waals surface area contributed by atoms with Gasteiger partial charge in [-0.1, -0.05) is 53.2 Å². The molecule has 0 aliphatic carbocycles. The minimum atomic E-state index is -0.367. The van der Waals surface area contributed by atoms with Crippen LogP contribution in [0.5, 0.6) is 0 Å². The highest BCUT2D eigenvalue weighted by Crippen LogP contribution is 2.08. The van der Waals surface area contributed by atoms with Crippen molar-refractivity contribution >= 4 is 17.5 Å². The third kappa shape index (κ3) is 4.08. The molecule has 7 nitrogen and oxygen atoms in total. The van der Waals surface area contributed by atoms with Gasteiger partial charge in [0.2, 0.25) is 5.91 Å². The number of benzene rings is 2. The summed E-state index contributed by atoms with van der Waals surface area (Å²) in [5.41, 5.74) is 4.24. The fourth-order valence-corrected chi connectivity index (χ4v) is 2.41. The number of anilines is 1. The van der Waals surface area contributed by atoms with Gasteiger partial charge in [-0.25, -0.2) is 5.43 Å². The van der Waals surface area contributed by atoms with Crippen molar-refractivity contribution in [3.8, 4) is 0 Å². The number of carbonyl (C=O) groups is 2. The summed E-state index contributed by atoms with van der Waals surface area (Å²) in [7, 11) is 0. The second-order valence-electron chi connectivity index (χ2n) is 5.46. The van der Waals surface area contributed by atoms with E-state index in [0.29, 0.717) is 12.2 Å². The Balaban J connectivity index is 1.92. The third-order valence-corrected chi connectivity index (χ3v) is 3.47. The molecule has 0 aliphatic rings. The number of nitrogens with one attached hydrogen (secondary N) is 2. The summed E-state index contributed by atoms with van der Waals surface area (Å²) in [6, 6.07) is 18.8. The minimum Gasteiger partial charge on any atom is -0.317 e. The molecule has 1 heterocycles. The Kier molecular flexibility index (Phi) is 4.84. The van der Waals surface area contributed by atoms with Crippen LogP contribution in [0.2, 0.25) is 0 Å². The fraction of sp³-hybridized carbons (Fsp3) is 0.111. The van der Waals surface area contributed by atoms with Crippen LogP contribution in [0.1, 0.15) is 23.1 Å². The van der Waals surface area contributed by atoms with E-state index in [1.807, 2.05) is 48.5 Å². The number of rotatable bonds is 5. The Morgan fingerprint density at radius 3 is 2.32 bits per heavy atom. The van der Waals surface area contributed by atoms with Gasteiger partial charge in [0.25, 0.3) is 6.33 Å². The highest BCUT2D eigenvalue weighted by atomic mass is 16.2. The van der Waals surface area contributed by atoms with Crippen molar-refractivity contribution in [2.75, 3.05) is 10.7 Å². The first-order chi connectivity index (χ1) is 12.1. The molecule has 0 saturated heterocycles.